The second kappa shape index (κ2) is 7.47. The Balaban J connectivity index is 2.76. The number of amides is 1. The number of carbonyl (C=O) groups is 1. The maximum atomic E-state index is 11.5. The van der Waals surface area contributed by atoms with Gasteiger partial charge in [-0.05, 0) is 25.2 Å². The van der Waals surface area contributed by atoms with Crippen molar-refractivity contribution in [3.63, 3.8) is 0 Å². The first-order chi connectivity index (χ1) is 9.31. The summed E-state index contributed by atoms with van der Waals surface area (Å²) in [7, 11) is -1.44. The zero-order valence-corrected chi connectivity index (χ0v) is 12.8. The van der Waals surface area contributed by atoms with Crippen LogP contribution in [0.1, 0.15) is 0 Å². The second-order valence-electron chi connectivity index (χ2n) is 4.20. The summed E-state index contributed by atoms with van der Waals surface area (Å²) in [4.78, 5) is 11.5. The van der Waals surface area contributed by atoms with Crippen LogP contribution < -0.4 is 15.4 Å². The number of sulfone groups is 1. The molecule has 2 N–H and O–H groups in total. The van der Waals surface area contributed by atoms with Gasteiger partial charge in [0.1, 0.15) is 12.4 Å². The highest BCUT2D eigenvalue weighted by Crippen LogP contribution is 2.28. The summed E-state index contributed by atoms with van der Waals surface area (Å²) in [6.45, 7) is 0.157. The third kappa shape index (κ3) is 6.23. The average Bonchev–Trinajstić information content (AvgIpc) is 2.30. The Morgan fingerprint density at radius 2 is 2.10 bits per heavy atom. The Hall–Kier alpha value is -1.31. The summed E-state index contributed by atoms with van der Waals surface area (Å²) in [5.74, 6) is 0.0322. The van der Waals surface area contributed by atoms with E-state index in [4.69, 9.17) is 16.3 Å². The molecule has 0 aliphatic carbocycles. The van der Waals surface area contributed by atoms with E-state index in [2.05, 4.69) is 10.6 Å². The Bertz CT molecular complexity index is 575. The molecule has 1 aromatic rings. The molecule has 0 aliphatic heterocycles. The fourth-order valence-corrected chi connectivity index (χ4v) is 1.94. The van der Waals surface area contributed by atoms with Crippen LogP contribution in [0.2, 0.25) is 5.02 Å². The van der Waals surface area contributed by atoms with Gasteiger partial charge in [-0.25, -0.2) is 8.42 Å². The number of carbonyl (C=O) groups excluding carboxylic acids is 1. The molecule has 0 spiro atoms. The Morgan fingerprint density at radius 1 is 1.40 bits per heavy atom. The zero-order valence-electron chi connectivity index (χ0n) is 11.3. The van der Waals surface area contributed by atoms with Gasteiger partial charge in [-0.2, -0.15) is 0 Å². The fraction of sp³-hybridized carbons (Fsp3) is 0.417. The van der Waals surface area contributed by atoms with Crippen molar-refractivity contribution in [1.29, 1.82) is 0 Å². The predicted octanol–water partition coefficient (Wildman–Crippen LogP) is 0.921. The molecule has 1 rings (SSSR count). The second-order valence-corrected chi connectivity index (χ2v) is 6.89. The van der Waals surface area contributed by atoms with E-state index in [9.17, 15) is 13.2 Å². The van der Waals surface area contributed by atoms with Gasteiger partial charge in [-0.1, -0.05) is 11.6 Å². The number of nitrogens with one attached hydrogen (secondary N) is 2. The van der Waals surface area contributed by atoms with E-state index >= 15 is 0 Å². The maximum Gasteiger partial charge on any atom is 0.238 e. The van der Waals surface area contributed by atoms with Gasteiger partial charge in [0.15, 0.2) is 9.84 Å². The van der Waals surface area contributed by atoms with Crippen LogP contribution in [0.25, 0.3) is 0 Å². The molecule has 6 nitrogen and oxygen atoms in total. The standard InChI is InChI=1S/C12H17ClN2O4S/c1-14-8-12(16)15-10-7-9(13)3-4-11(10)19-5-6-20(2,17)18/h3-4,7,14H,5-6,8H2,1-2H3,(H,15,16). The van der Waals surface area contributed by atoms with Crippen molar-refractivity contribution in [2.45, 2.75) is 0 Å². The molecular formula is C12H17ClN2O4S. The molecule has 0 bridgehead atoms. The topological polar surface area (TPSA) is 84.5 Å². The smallest absolute Gasteiger partial charge is 0.238 e. The van der Waals surface area contributed by atoms with Crippen LogP contribution in [0.15, 0.2) is 18.2 Å². The van der Waals surface area contributed by atoms with Crippen molar-refractivity contribution in [3.05, 3.63) is 23.2 Å². The molecule has 112 valence electrons. The van der Waals surface area contributed by atoms with Crippen molar-refractivity contribution in [2.24, 2.45) is 0 Å². The van der Waals surface area contributed by atoms with E-state index in [0.717, 1.165) is 6.26 Å². The van der Waals surface area contributed by atoms with Crippen molar-refractivity contribution in [3.8, 4) is 5.75 Å². The Labute approximate surface area is 123 Å². The number of halogens is 1. The van der Waals surface area contributed by atoms with Crippen molar-refractivity contribution in [2.75, 3.05) is 37.5 Å². The van der Waals surface area contributed by atoms with Crippen LogP contribution in [-0.2, 0) is 14.6 Å². The van der Waals surface area contributed by atoms with Gasteiger partial charge in [0.25, 0.3) is 0 Å². The molecule has 0 saturated heterocycles. The molecule has 0 aliphatic rings. The third-order valence-electron chi connectivity index (χ3n) is 2.26. The largest absolute Gasteiger partial charge is 0.490 e. The molecule has 0 heterocycles. The Kier molecular flexibility index (Phi) is 6.25. The van der Waals surface area contributed by atoms with Gasteiger partial charge in [0, 0.05) is 11.3 Å². The van der Waals surface area contributed by atoms with Gasteiger partial charge < -0.3 is 15.4 Å². The SMILES string of the molecule is CNCC(=O)Nc1cc(Cl)ccc1OCCS(C)(=O)=O. The molecule has 0 saturated carbocycles. The quantitative estimate of drug-likeness (QED) is 0.780. The highest BCUT2D eigenvalue weighted by atomic mass is 35.5. The summed E-state index contributed by atoms with van der Waals surface area (Å²) in [5.41, 5.74) is 0.409. The minimum Gasteiger partial charge on any atom is -0.490 e. The van der Waals surface area contributed by atoms with Crippen LogP contribution in [0.5, 0.6) is 5.75 Å². The molecule has 1 amide bonds. The lowest BCUT2D eigenvalue weighted by Crippen LogP contribution is -2.25. The zero-order chi connectivity index (χ0) is 15.2. The van der Waals surface area contributed by atoms with Crippen LogP contribution in [0.4, 0.5) is 5.69 Å². The number of rotatable bonds is 7. The van der Waals surface area contributed by atoms with Gasteiger partial charge in [0.05, 0.1) is 18.0 Å². The summed E-state index contributed by atoms with van der Waals surface area (Å²) >= 11 is 5.87. The van der Waals surface area contributed by atoms with Gasteiger partial charge in [0.2, 0.25) is 5.91 Å². The first-order valence-electron chi connectivity index (χ1n) is 5.86. The molecule has 20 heavy (non-hydrogen) atoms. The first-order valence-corrected chi connectivity index (χ1v) is 8.30. The number of anilines is 1. The lowest BCUT2D eigenvalue weighted by atomic mass is 10.3. The highest BCUT2D eigenvalue weighted by molar-refractivity contribution is 7.90. The first kappa shape index (κ1) is 16.7. The number of likely N-dealkylation sites (N-methyl/N-ethyl adjacent to an activating group) is 1. The van der Waals surface area contributed by atoms with Gasteiger partial charge >= 0.3 is 0 Å². The molecule has 0 aromatic heterocycles. The average molecular weight is 321 g/mol. The molecule has 0 atom stereocenters. The molecule has 8 heteroatoms. The predicted molar refractivity (Wildman–Crippen MR) is 79.2 cm³/mol. The summed E-state index contributed by atoms with van der Waals surface area (Å²) in [5, 5.41) is 5.80. The fourth-order valence-electron chi connectivity index (χ4n) is 1.38. The van der Waals surface area contributed by atoms with Crippen molar-refractivity contribution in [1.82, 2.24) is 5.32 Å². The van der Waals surface area contributed by atoms with Crippen molar-refractivity contribution < 1.29 is 17.9 Å². The lowest BCUT2D eigenvalue weighted by molar-refractivity contribution is -0.115. The Morgan fingerprint density at radius 3 is 2.70 bits per heavy atom. The minimum atomic E-state index is -3.10. The van der Waals surface area contributed by atoms with Crippen LogP contribution in [0, 0.1) is 0 Å². The van der Waals surface area contributed by atoms with E-state index in [-0.39, 0.29) is 24.8 Å². The van der Waals surface area contributed by atoms with Crippen LogP contribution in [0.3, 0.4) is 0 Å². The summed E-state index contributed by atoms with van der Waals surface area (Å²) in [6, 6.07) is 4.73. The normalized spacial score (nSPS) is 11.2. The summed E-state index contributed by atoms with van der Waals surface area (Å²) in [6.07, 6.45) is 1.13. The third-order valence-corrected chi connectivity index (χ3v) is 3.41. The summed E-state index contributed by atoms with van der Waals surface area (Å²) < 4.78 is 27.5. The number of hydrogen-bond donors (Lipinski definition) is 2. The molecular weight excluding hydrogens is 304 g/mol. The maximum absolute atomic E-state index is 11.5. The number of hydrogen-bond acceptors (Lipinski definition) is 5. The van der Waals surface area contributed by atoms with Crippen LogP contribution >= 0.6 is 11.6 Å². The minimum absolute atomic E-state index is 0.00929. The molecule has 0 unspecified atom stereocenters. The number of benzene rings is 1. The van der Waals surface area contributed by atoms with Gasteiger partial charge in [-0.3, -0.25) is 4.79 Å². The molecule has 0 radical (unpaired) electrons. The van der Waals surface area contributed by atoms with Gasteiger partial charge in [-0.15, -0.1) is 0 Å². The lowest BCUT2D eigenvalue weighted by Gasteiger charge is -2.12. The van der Waals surface area contributed by atoms with E-state index in [0.29, 0.717) is 16.5 Å². The molecule has 0 fully saturated rings. The van der Waals surface area contributed by atoms with E-state index in [1.54, 1.807) is 25.2 Å². The van der Waals surface area contributed by atoms with Crippen molar-refractivity contribution >= 4 is 33.0 Å². The monoisotopic (exact) mass is 320 g/mol. The van der Waals surface area contributed by atoms with E-state index < -0.39 is 9.84 Å². The van der Waals surface area contributed by atoms with E-state index in [1.807, 2.05) is 0 Å². The highest BCUT2D eigenvalue weighted by Gasteiger charge is 2.10. The molecule has 1 aromatic carbocycles. The van der Waals surface area contributed by atoms with Crippen LogP contribution in [-0.4, -0.2) is 46.5 Å². The van der Waals surface area contributed by atoms with E-state index in [1.165, 1.54) is 0 Å². The number of ether oxygens (including phenoxy) is 1.